The number of alkyl halides is 2. The second-order valence-electron chi connectivity index (χ2n) is 3.11. The second kappa shape index (κ2) is 5.32. The van der Waals surface area contributed by atoms with Crippen LogP contribution in [-0.4, -0.2) is 34.9 Å². The molecule has 9 heteroatoms. The molecule has 7 nitrogen and oxygen atoms in total. The molecule has 1 heterocycles. The summed E-state index contributed by atoms with van der Waals surface area (Å²) < 4.78 is 24.1. The van der Waals surface area contributed by atoms with Gasteiger partial charge in [0.05, 0.1) is 11.5 Å². The molecule has 0 aliphatic carbocycles. The van der Waals surface area contributed by atoms with Crippen LogP contribution in [0, 0.1) is 17.0 Å². The lowest BCUT2D eigenvalue weighted by Gasteiger charge is -2.08. The van der Waals surface area contributed by atoms with Crippen molar-refractivity contribution in [2.24, 2.45) is 0 Å². The molecular formula is C8H11F2N5O2. The van der Waals surface area contributed by atoms with Gasteiger partial charge in [0.1, 0.15) is 5.69 Å². The molecule has 0 aromatic carbocycles. The maximum Gasteiger partial charge on any atom is 0.332 e. The zero-order valence-electron chi connectivity index (χ0n) is 9.20. The minimum atomic E-state index is -2.62. The highest BCUT2D eigenvalue weighted by molar-refractivity contribution is 5.60. The Morgan fingerprint density at radius 1 is 1.47 bits per heavy atom. The van der Waals surface area contributed by atoms with Crippen molar-refractivity contribution >= 4 is 17.5 Å². The van der Waals surface area contributed by atoms with E-state index in [-0.39, 0.29) is 17.5 Å². The number of hydrogen-bond donors (Lipinski definition) is 2. The highest BCUT2D eigenvalue weighted by Gasteiger charge is 2.22. The van der Waals surface area contributed by atoms with E-state index in [1.165, 1.54) is 14.0 Å². The van der Waals surface area contributed by atoms with E-state index in [1.54, 1.807) is 0 Å². The number of rotatable bonds is 5. The average molecular weight is 247 g/mol. The molecule has 1 aromatic rings. The summed E-state index contributed by atoms with van der Waals surface area (Å²) in [6, 6.07) is 0. The smallest absolute Gasteiger partial charge is 0.332 e. The fourth-order valence-electron chi connectivity index (χ4n) is 1.19. The van der Waals surface area contributed by atoms with Crippen LogP contribution >= 0.6 is 0 Å². The molecule has 0 spiro atoms. The number of aromatic nitrogens is 2. The first-order valence-corrected chi connectivity index (χ1v) is 4.68. The Morgan fingerprint density at radius 2 is 2.12 bits per heavy atom. The highest BCUT2D eigenvalue weighted by Crippen LogP contribution is 2.26. The summed E-state index contributed by atoms with van der Waals surface area (Å²) in [7, 11) is 1.53. The summed E-state index contributed by atoms with van der Waals surface area (Å²) in [6.07, 6.45) is -2.62. The van der Waals surface area contributed by atoms with Crippen LogP contribution in [-0.2, 0) is 0 Å². The van der Waals surface area contributed by atoms with Gasteiger partial charge in [0.2, 0.25) is 11.8 Å². The lowest BCUT2D eigenvalue weighted by Crippen LogP contribution is -2.14. The Labute approximate surface area is 95.4 Å². The van der Waals surface area contributed by atoms with Crippen LogP contribution in [0.15, 0.2) is 0 Å². The quantitative estimate of drug-likeness (QED) is 0.603. The number of halogens is 2. The molecule has 0 saturated heterocycles. The summed E-state index contributed by atoms with van der Waals surface area (Å²) >= 11 is 0. The van der Waals surface area contributed by atoms with Crippen LogP contribution in [0.3, 0.4) is 0 Å². The molecule has 17 heavy (non-hydrogen) atoms. The lowest BCUT2D eigenvalue weighted by molar-refractivity contribution is -0.385. The van der Waals surface area contributed by atoms with Gasteiger partial charge in [0.15, 0.2) is 0 Å². The van der Waals surface area contributed by atoms with Gasteiger partial charge in [-0.1, -0.05) is 0 Å². The van der Waals surface area contributed by atoms with Crippen LogP contribution < -0.4 is 10.6 Å². The lowest BCUT2D eigenvalue weighted by atomic mass is 10.3. The van der Waals surface area contributed by atoms with Gasteiger partial charge in [0.25, 0.3) is 6.43 Å². The third kappa shape index (κ3) is 3.20. The van der Waals surface area contributed by atoms with Gasteiger partial charge < -0.3 is 10.6 Å². The molecule has 94 valence electrons. The van der Waals surface area contributed by atoms with Gasteiger partial charge in [-0.2, -0.15) is 4.98 Å². The van der Waals surface area contributed by atoms with Crippen molar-refractivity contribution in [1.82, 2.24) is 9.97 Å². The Hall–Kier alpha value is -2.06. The van der Waals surface area contributed by atoms with Gasteiger partial charge in [-0.25, -0.2) is 13.8 Å². The fraction of sp³-hybridized carbons (Fsp3) is 0.500. The highest BCUT2D eigenvalue weighted by atomic mass is 19.3. The molecule has 0 bridgehead atoms. The Morgan fingerprint density at radius 3 is 2.59 bits per heavy atom. The fourth-order valence-corrected chi connectivity index (χ4v) is 1.19. The first-order chi connectivity index (χ1) is 7.95. The molecule has 0 saturated carbocycles. The monoisotopic (exact) mass is 247 g/mol. The van der Waals surface area contributed by atoms with E-state index >= 15 is 0 Å². The first-order valence-electron chi connectivity index (χ1n) is 4.68. The molecule has 0 amide bonds. The van der Waals surface area contributed by atoms with E-state index in [0.717, 1.165) is 0 Å². The largest absolute Gasteiger partial charge is 0.358 e. The predicted molar refractivity (Wildman–Crippen MR) is 57.5 cm³/mol. The van der Waals surface area contributed by atoms with Gasteiger partial charge >= 0.3 is 5.69 Å². The van der Waals surface area contributed by atoms with Gasteiger partial charge in [0, 0.05) is 7.05 Å². The molecule has 2 N–H and O–H groups in total. The molecule has 1 aromatic heterocycles. The van der Waals surface area contributed by atoms with E-state index in [0.29, 0.717) is 0 Å². The summed E-state index contributed by atoms with van der Waals surface area (Å²) in [4.78, 5) is 17.6. The number of aryl methyl sites for hydroxylation is 1. The number of nitro groups is 1. The van der Waals surface area contributed by atoms with Crippen LogP contribution in [0.25, 0.3) is 0 Å². The molecule has 1 rings (SSSR count). The molecule has 0 aliphatic rings. The van der Waals surface area contributed by atoms with Crippen molar-refractivity contribution in [2.75, 3.05) is 24.2 Å². The Bertz CT molecular complexity index is 427. The SMILES string of the molecule is CNc1nc(C)c([N+](=O)[O-])c(NCC(F)F)n1. The zero-order valence-corrected chi connectivity index (χ0v) is 9.20. The average Bonchev–Trinajstić information content (AvgIpc) is 2.24. The third-order valence-electron chi connectivity index (χ3n) is 1.89. The van der Waals surface area contributed by atoms with Gasteiger partial charge in [-0.15, -0.1) is 0 Å². The summed E-state index contributed by atoms with van der Waals surface area (Å²) in [5.74, 6) is -0.0861. The molecule has 0 unspecified atom stereocenters. The van der Waals surface area contributed by atoms with Gasteiger partial charge in [-0.05, 0) is 6.92 Å². The molecule has 0 atom stereocenters. The summed E-state index contributed by atoms with van der Waals surface area (Å²) in [5.41, 5.74) is -0.296. The van der Waals surface area contributed by atoms with E-state index in [9.17, 15) is 18.9 Å². The van der Waals surface area contributed by atoms with Crippen LogP contribution in [0.4, 0.5) is 26.2 Å². The minimum absolute atomic E-state index is 0.103. The van der Waals surface area contributed by atoms with Crippen molar-refractivity contribution in [3.8, 4) is 0 Å². The molecular weight excluding hydrogens is 236 g/mol. The van der Waals surface area contributed by atoms with Crippen LogP contribution in [0.1, 0.15) is 5.69 Å². The summed E-state index contributed by atoms with van der Waals surface area (Å²) in [5, 5.41) is 15.6. The molecule has 0 fully saturated rings. The standard InChI is InChI=1S/C8H11F2N5O2/c1-4-6(15(16)17)7(12-3-5(9)10)14-8(11-2)13-4/h5H,3H2,1-2H3,(H2,11,12,13,14). The third-order valence-corrected chi connectivity index (χ3v) is 1.89. The van der Waals surface area contributed by atoms with Crippen LogP contribution in [0.2, 0.25) is 0 Å². The molecule has 0 aliphatic heterocycles. The van der Waals surface area contributed by atoms with Crippen molar-refractivity contribution < 1.29 is 13.7 Å². The number of hydrogen-bond acceptors (Lipinski definition) is 6. The number of nitrogens with one attached hydrogen (secondary N) is 2. The van der Waals surface area contributed by atoms with E-state index in [2.05, 4.69) is 20.6 Å². The molecule has 0 radical (unpaired) electrons. The van der Waals surface area contributed by atoms with Crippen molar-refractivity contribution in [2.45, 2.75) is 13.3 Å². The normalized spacial score (nSPS) is 10.4. The zero-order chi connectivity index (χ0) is 13.0. The van der Waals surface area contributed by atoms with Gasteiger partial charge in [-0.3, -0.25) is 10.1 Å². The Kier molecular flexibility index (Phi) is 4.07. The number of anilines is 2. The maximum absolute atomic E-state index is 12.0. The Balaban J connectivity index is 3.13. The first kappa shape index (κ1) is 13.0. The topological polar surface area (TPSA) is 93.0 Å². The number of nitrogens with zero attached hydrogens (tertiary/aromatic N) is 3. The summed E-state index contributed by atoms with van der Waals surface area (Å²) in [6.45, 7) is 0.703. The van der Waals surface area contributed by atoms with E-state index < -0.39 is 23.6 Å². The van der Waals surface area contributed by atoms with Crippen LogP contribution in [0.5, 0.6) is 0 Å². The van der Waals surface area contributed by atoms with Crippen molar-refractivity contribution in [3.05, 3.63) is 15.8 Å². The second-order valence-corrected chi connectivity index (χ2v) is 3.11. The predicted octanol–water partition coefficient (Wildman–Crippen LogP) is 1.41. The van der Waals surface area contributed by atoms with E-state index in [1.807, 2.05) is 0 Å². The van der Waals surface area contributed by atoms with Crippen molar-refractivity contribution in [1.29, 1.82) is 0 Å². The van der Waals surface area contributed by atoms with E-state index in [4.69, 9.17) is 0 Å². The maximum atomic E-state index is 12.0. The van der Waals surface area contributed by atoms with Crippen molar-refractivity contribution in [3.63, 3.8) is 0 Å². The minimum Gasteiger partial charge on any atom is -0.358 e.